The highest BCUT2D eigenvalue weighted by Gasteiger charge is 2.14. The number of pyridine rings is 1. The van der Waals surface area contributed by atoms with Gasteiger partial charge in [-0.05, 0) is 6.07 Å². The van der Waals surface area contributed by atoms with Crippen molar-refractivity contribution in [3.05, 3.63) is 24.8 Å². The van der Waals surface area contributed by atoms with Crippen molar-refractivity contribution in [2.45, 2.75) is 5.63 Å². The number of nitrogens with zero attached hydrogens (tertiary/aromatic N) is 4. The van der Waals surface area contributed by atoms with E-state index in [1.165, 1.54) is 12.5 Å². The van der Waals surface area contributed by atoms with Gasteiger partial charge in [0.05, 0.1) is 11.9 Å². The van der Waals surface area contributed by atoms with E-state index in [9.17, 15) is 9.18 Å². The summed E-state index contributed by atoms with van der Waals surface area (Å²) < 4.78 is 14.2. The van der Waals surface area contributed by atoms with Crippen molar-refractivity contribution >= 4 is 23.2 Å². The Kier molecular flexibility index (Phi) is 3.52. The van der Waals surface area contributed by atoms with Crippen LogP contribution in [0, 0.1) is 0 Å². The third-order valence-corrected chi connectivity index (χ3v) is 2.37. The lowest BCUT2D eigenvalue weighted by molar-refractivity contribution is -0.118. The molecule has 1 amide bonds. The fraction of sp³-hybridized carbons (Fsp3) is 0.200. The maximum absolute atomic E-state index is 12.5. The second-order valence-electron chi connectivity index (χ2n) is 3.52. The van der Waals surface area contributed by atoms with Gasteiger partial charge in [0, 0.05) is 18.8 Å². The number of nitrogens with one attached hydrogen (secondary N) is 1. The van der Waals surface area contributed by atoms with Crippen molar-refractivity contribution in [1.29, 1.82) is 0 Å². The molecule has 1 N–H and O–H groups in total. The molecule has 8 heteroatoms. The molecule has 0 aliphatic carbocycles. The molecular formula is C10H9ClFN5O. The van der Waals surface area contributed by atoms with Crippen LogP contribution in [0.15, 0.2) is 24.8 Å². The van der Waals surface area contributed by atoms with E-state index in [0.717, 1.165) is 0 Å². The first-order chi connectivity index (χ1) is 8.58. The Labute approximate surface area is 107 Å². The van der Waals surface area contributed by atoms with Gasteiger partial charge in [-0.15, -0.1) is 10.2 Å². The first kappa shape index (κ1) is 12.4. The van der Waals surface area contributed by atoms with Gasteiger partial charge in [-0.25, -0.2) is 4.39 Å². The number of anilines is 1. The third-order valence-electron chi connectivity index (χ3n) is 2.17. The minimum atomic E-state index is -2.09. The van der Waals surface area contributed by atoms with Gasteiger partial charge in [-0.2, -0.15) is 0 Å². The Bertz CT molecular complexity index is 571. The van der Waals surface area contributed by atoms with Crippen molar-refractivity contribution in [3.8, 4) is 11.4 Å². The van der Waals surface area contributed by atoms with Gasteiger partial charge in [-0.1, -0.05) is 11.6 Å². The van der Waals surface area contributed by atoms with Crippen LogP contribution >= 0.6 is 11.6 Å². The first-order valence-electron chi connectivity index (χ1n) is 4.96. The molecular weight excluding hydrogens is 261 g/mol. The summed E-state index contributed by atoms with van der Waals surface area (Å²) in [6, 6.07) is 1.61. The van der Waals surface area contributed by atoms with E-state index in [2.05, 4.69) is 20.5 Å². The second kappa shape index (κ2) is 5.09. The van der Waals surface area contributed by atoms with Gasteiger partial charge in [0.1, 0.15) is 6.33 Å². The van der Waals surface area contributed by atoms with Gasteiger partial charge in [0.25, 0.3) is 11.5 Å². The summed E-state index contributed by atoms with van der Waals surface area (Å²) in [6.07, 6.45) is 4.49. The zero-order chi connectivity index (χ0) is 13.1. The fourth-order valence-corrected chi connectivity index (χ4v) is 1.43. The number of rotatable bonds is 3. The third kappa shape index (κ3) is 2.62. The molecule has 1 atom stereocenters. The predicted octanol–water partition coefficient (Wildman–Crippen LogP) is 1.35. The van der Waals surface area contributed by atoms with Crippen LogP contribution < -0.4 is 5.32 Å². The van der Waals surface area contributed by atoms with E-state index in [1.54, 1.807) is 23.9 Å². The molecule has 2 aromatic rings. The van der Waals surface area contributed by atoms with E-state index < -0.39 is 11.5 Å². The highest BCUT2D eigenvalue weighted by Crippen LogP contribution is 2.18. The Morgan fingerprint density at radius 2 is 2.33 bits per heavy atom. The molecule has 18 heavy (non-hydrogen) atoms. The van der Waals surface area contributed by atoms with Crippen LogP contribution in [-0.2, 0) is 11.8 Å². The summed E-state index contributed by atoms with van der Waals surface area (Å²) in [5.41, 5.74) is -1.11. The number of halogens is 2. The number of alkyl halides is 2. The second-order valence-corrected chi connectivity index (χ2v) is 3.90. The Hall–Kier alpha value is -2.02. The SMILES string of the molecule is Cn1cnnc1-c1cncc(NC(=O)C(F)Cl)c1. The number of aryl methyl sites for hydroxylation is 1. The molecule has 0 aliphatic heterocycles. The van der Waals surface area contributed by atoms with Gasteiger partial charge < -0.3 is 9.88 Å². The highest BCUT2D eigenvalue weighted by molar-refractivity contribution is 6.31. The van der Waals surface area contributed by atoms with Gasteiger partial charge in [-0.3, -0.25) is 9.78 Å². The van der Waals surface area contributed by atoms with Crippen LogP contribution in [0.25, 0.3) is 11.4 Å². The van der Waals surface area contributed by atoms with E-state index in [-0.39, 0.29) is 0 Å². The lowest BCUT2D eigenvalue weighted by Crippen LogP contribution is -2.19. The van der Waals surface area contributed by atoms with Crippen molar-refractivity contribution in [1.82, 2.24) is 19.7 Å². The Balaban J connectivity index is 2.26. The molecule has 94 valence electrons. The average Bonchev–Trinajstić information content (AvgIpc) is 2.75. The summed E-state index contributed by atoms with van der Waals surface area (Å²) in [5.74, 6) is -0.352. The lowest BCUT2D eigenvalue weighted by atomic mass is 10.2. The number of carbonyl (C=O) groups excluding carboxylic acids is 1. The maximum atomic E-state index is 12.5. The Morgan fingerprint density at radius 3 is 2.94 bits per heavy atom. The lowest BCUT2D eigenvalue weighted by Gasteiger charge is -2.06. The molecule has 0 bridgehead atoms. The standard InChI is InChI=1S/C10H9ClFN5O/c1-17-5-14-16-9(17)6-2-7(4-13-3-6)15-10(18)8(11)12/h2-5,8H,1H3,(H,15,18). The Morgan fingerprint density at radius 1 is 1.56 bits per heavy atom. The summed E-state index contributed by atoms with van der Waals surface area (Å²) >= 11 is 5.02. The van der Waals surface area contributed by atoms with Crippen LogP contribution in [0.1, 0.15) is 0 Å². The molecule has 1 unspecified atom stereocenters. The maximum Gasteiger partial charge on any atom is 0.274 e. The zero-order valence-corrected chi connectivity index (χ0v) is 10.1. The molecule has 0 saturated heterocycles. The fourth-order valence-electron chi connectivity index (χ4n) is 1.37. The minimum absolute atomic E-state index is 0.337. The number of carbonyl (C=O) groups is 1. The number of aromatic nitrogens is 4. The van der Waals surface area contributed by atoms with E-state index in [0.29, 0.717) is 17.1 Å². The van der Waals surface area contributed by atoms with E-state index >= 15 is 0 Å². The monoisotopic (exact) mass is 269 g/mol. The molecule has 0 spiro atoms. The van der Waals surface area contributed by atoms with E-state index in [4.69, 9.17) is 11.6 Å². The van der Waals surface area contributed by atoms with Crippen LogP contribution in [0.2, 0.25) is 0 Å². The van der Waals surface area contributed by atoms with Gasteiger partial charge >= 0.3 is 0 Å². The number of amides is 1. The number of hydrogen-bond donors (Lipinski definition) is 1. The zero-order valence-electron chi connectivity index (χ0n) is 9.34. The summed E-state index contributed by atoms with van der Waals surface area (Å²) in [7, 11) is 1.77. The van der Waals surface area contributed by atoms with Crippen LogP contribution in [0.5, 0.6) is 0 Å². The van der Waals surface area contributed by atoms with Crippen LogP contribution in [-0.4, -0.2) is 31.3 Å². The molecule has 0 saturated carbocycles. The van der Waals surface area contributed by atoms with Gasteiger partial charge in [0.15, 0.2) is 5.82 Å². The number of hydrogen-bond acceptors (Lipinski definition) is 4. The van der Waals surface area contributed by atoms with Crippen LogP contribution in [0.4, 0.5) is 10.1 Å². The molecule has 2 heterocycles. The largest absolute Gasteiger partial charge is 0.321 e. The average molecular weight is 270 g/mol. The van der Waals surface area contributed by atoms with Gasteiger partial charge in [0.2, 0.25) is 0 Å². The van der Waals surface area contributed by atoms with Crippen LogP contribution in [0.3, 0.4) is 0 Å². The molecule has 2 rings (SSSR count). The summed E-state index contributed by atoms with van der Waals surface area (Å²) in [5, 5.41) is 9.93. The molecule has 0 fully saturated rings. The molecule has 0 aromatic carbocycles. The highest BCUT2D eigenvalue weighted by atomic mass is 35.5. The quantitative estimate of drug-likeness (QED) is 0.854. The molecule has 0 aliphatic rings. The van der Waals surface area contributed by atoms with Crippen molar-refractivity contribution in [3.63, 3.8) is 0 Å². The summed E-state index contributed by atoms with van der Waals surface area (Å²) in [6.45, 7) is 0. The minimum Gasteiger partial charge on any atom is -0.321 e. The topological polar surface area (TPSA) is 72.7 Å². The van der Waals surface area contributed by atoms with Crippen molar-refractivity contribution < 1.29 is 9.18 Å². The van der Waals surface area contributed by atoms with E-state index in [1.807, 2.05) is 0 Å². The molecule has 2 aromatic heterocycles. The van der Waals surface area contributed by atoms with Crippen molar-refractivity contribution in [2.75, 3.05) is 5.32 Å². The predicted molar refractivity (Wildman–Crippen MR) is 63.6 cm³/mol. The normalized spacial score (nSPS) is 12.2. The summed E-state index contributed by atoms with van der Waals surface area (Å²) in [4.78, 5) is 15.0. The molecule has 6 nitrogen and oxygen atoms in total. The molecule has 0 radical (unpaired) electrons. The smallest absolute Gasteiger partial charge is 0.274 e. The van der Waals surface area contributed by atoms with Crippen molar-refractivity contribution in [2.24, 2.45) is 7.05 Å². The first-order valence-corrected chi connectivity index (χ1v) is 5.40.